The molecule has 2 aromatic carbocycles. The van der Waals surface area contributed by atoms with Gasteiger partial charge in [0, 0.05) is 17.3 Å². The summed E-state index contributed by atoms with van der Waals surface area (Å²) in [6.07, 6.45) is 3.06. The predicted molar refractivity (Wildman–Crippen MR) is 97.4 cm³/mol. The molecule has 0 atom stereocenters. The van der Waals surface area contributed by atoms with Crippen molar-refractivity contribution in [1.29, 1.82) is 0 Å². The van der Waals surface area contributed by atoms with E-state index in [2.05, 4.69) is 10.2 Å². The van der Waals surface area contributed by atoms with E-state index in [0.717, 1.165) is 0 Å². The Hall–Kier alpha value is -3.25. The molecule has 0 aliphatic rings. The van der Waals surface area contributed by atoms with Crippen LogP contribution in [0.3, 0.4) is 0 Å². The highest BCUT2D eigenvalue weighted by Crippen LogP contribution is 2.21. The van der Waals surface area contributed by atoms with Gasteiger partial charge in [-0.05, 0) is 36.4 Å². The maximum absolute atomic E-state index is 14.2. The Labute approximate surface area is 152 Å². The van der Waals surface area contributed by atoms with E-state index in [9.17, 15) is 9.18 Å². The van der Waals surface area contributed by atoms with Crippen molar-refractivity contribution in [3.8, 4) is 22.8 Å². The lowest BCUT2D eigenvalue weighted by Crippen LogP contribution is -2.15. The molecule has 2 aromatic heterocycles. The zero-order chi connectivity index (χ0) is 18.1. The Morgan fingerprint density at radius 3 is 2.65 bits per heavy atom. The van der Waals surface area contributed by atoms with Crippen LogP contribution in [0.2, 0.25) is 5.02 Å². The quantitative estimate of drug-likeness (QED) is 0.553. The minimum Gasteiger partial charge on any atom is -0.287 e. The highest BCUT2D eigenvalue weighted by Gasteiger charge is 2.15. The number of hydrogen-bond donors (Lipinski definition) is 0. The third-order valence-corrected chi connectivity index (χ3v) is 4.08. The molecule has 0 spiro atoms. The van der Waals surface area contributed by atoms with E-state index in [1.807, 2.05) is 6.07 Å². The summed E-state index contributed by atoms with van der Waals surface area (Å²) in [7, 11) is 0. The summed E-state index contributed by atoms with van der Waals surface area (Å²) in [5, 5.41) is 9.11. The van der Waals surface area contributed by atoms with Crippen LogP contribution in [0.25, 0.3) is 22.8 Å². The van der Waals surface area contributed by atoms with Gasteiger partial charge in [0.2, 0.25) is 5.43 Å². The second-order valence-electron chi connectivity index (χ2n) is 5.53. The molecule has 0 radical (unpaired) electrons. The van der Waals surface area contributed by atoms with Crippen LogP contribution in [0.1, 0.15) is 0 Å². The molecule has 26 heavy (non-hydrogen) atoms. The molecule has 7 heteroatoms. The van der Waals surface area contributed by atoms with Gasteiger partial charge in [-0.1, -0.05) is 29.8 Å². The van der Waals surface area contributed by atoms with Crippen molar-refractivity contribution >= 4 is 11.6 Å². The van der Waals surface area contributed by atoms with E-state index < -0.39 is 5.82 Å². The zero-order valence-electron chi connectivity index (χ0n) is 13.4. The monoisotopic (exact) mass is 366 g/mol. The van der Waals surface area contributed by atoms with E-state index in [0.29, 0.717) is 16.4 Å². The molecule has 4 aromatic rings. The Morgan fingerprint density at radius 1 is 1.00 bits per heavy atom. The highest BCUT2D eigenvalue weighted by molar-refractivity contribution is 6.30. The SMILES string of the molecule is O=c1ccn(-c2cccc(Cl)c2)nc1-c1ccnn1-c1ccccc1F. The van der Waals surface area contributed by atoms with Crippen molar-refractivity contribution in [3.05, 3.63) is 94.1 Å². The molecule has 0 saturated heterocycles. The number of para-hydroxylation sites is 1. The van der Waals surface area contributed by atoms with Gasteiger partial charge >= 0.3 is 0 Å². The first kappa shape index (κ1) is 16.2. The fourth-order valence-corrected chi connectivity index (χ4v) is 2.83. The second kappa shape index (κ2) is 6.57. The first-order valence-corrected chi connectivity index (χ1v) is 8.16. The van der Waals surface area contributed by atoms with Crippen LogP contribution in [0.15, 0.2) is 77.9 Å². The Morgan fingerprint density at radius 2 is 1.85 bits per heavy atom. The third-order valence-electron chi connectivity index (χ3n) is 3.85. The lowest BCUT2D eigenvalue weighted by atomic mass is 10.2. The smallest absolute Gasteiger partial charge is 0.209 e. The van der Waals surface area contributed by atoms with Crippen LogP contribution in [0.4, 0.5) is 4.39 Å². The molecule has 0 fully saturated rings. The summed E-state index contributed by atoms with van der Waals surface area (Å²) in [4.78, 5) is 12.4. The normalized spacial score (nSPS) is 10.8. The molecule has 0 aliphatic heterocycles. The van der Waals surface area contributed by atoms with Gasteiger partial charge in [0.15, 0.2) is 5.69 Å². The maximum atomic E-state index is 14.2. The number of rotatable bonds is 3. The molecule has 2 heterocycles. The Bertz CT molecular complexity index is 1150. The van der Waals surface area contributed by atoms with Crippen molar-refractivity contribution in [2.24, 2.45) is 0 Å². The molecule has 0 unspecified atom stereocenters. The van der Waals surface area contributed by atoms with E-state index in [-0.39, 0.29) is 16.8 Å². The largest absolute Gasteiger partial charge is 0.287 e. The summed E-state index contributed by atoms with van der Waals surface area (Å²) in [5.74, 6) is -0.441. The molecular weight excluding hydrogens is 355 g/mol. The van der Waals surface area contributed by atoms with E-state index in [1.165, 1.54) is 23.0 Å². The van der Waals surface area contributed by atoms with Crippen LogP contribution >= 0.6 is 11.6 Å². The van der Waals surface area contributed by atoms with Crippen molar-refractivity contribution in [3.63, 3.8) is 0 Å². The first-order valence-electron chi connectivity index (χ1n) is 7.79. The standard InChI is InChI=1S/C19H12ClFN4O/c20-13-4-3-5-14(12-13)24-11-9-18(26)19(23-24)17-8-10-22-25(17)16-7-2-1-6-15(16)21/h1-12H. The number of halogens is 2. The summed E-state index contributed by atoms with van der Waals surface area (Å²) < 4.78 is 17.1. The van der Waals surface area contributed by atoms with Crippen LogP contribution in [-0.2, 0) is 0 Å². The maximum Gasteiger partial charge on any atom is 0.209 e. The van der Waals surface area contributed by atoms with Crippen molar-refractivity contribution in [1.82, 2.24) is 19.6 Å². The van der Waals surface area contributed by atoms with Crippen LogP contribution in [0, 0.1) is 5.82 Å². The molecular formula is C19H12ClFN4O. The fraction of sp³-hybridized carbons (Fsp3) is 0. The molecule has 128 valence electrons. The van der Waals surface area contributed by atoms with Crippen molar-refractivity contribution in [2.75, 3.05) is 0 Å². The Balaban J connectivity index is 1.88. The Kier molecular flexibility index (Phi) is 4.10. The van der Waals surface area contributed by atoms with Crippen LogP contribution in [0.5, 0.6) is 0 Å². The van der Waals surface area contributed by atoms with E-state index in [4.69, 9.17) is 11.6 Å². The number of nitrogens with zero attached hydrogens (tertiary/aromatic N) is 4. The van der Waals surface area contributed by atoms with Gasteiger partial charge in [-0.25, -0.2) is 13.8 Å². The van der Waals surface area contributed by atoms with Crippen molar-refractivity contribution in [2.45, 2.75) is 0 Å². The number of benzene rings is 2. The summed E-state index contributed by atoms with van der Waals surface area (Å²) in [6, 6.07) is 16.3. The van der Waals surface area contributed by atoms with Gasteiger partial charge in [0.05, 0.1) is 17.6 Å². The molecule has 5 nitrogen and oxygen atoms in total. The molecule has 0 saturated carbocycles. The first-order chi connectivity index (χ1) is 12.6. The second-order valence-corrected chi connectivity index (χ2v) is 5.97. The predicted octanol–water partition coefficient (Wildman–Crippen LogP) is 3.88. The lowest BCUT2D eigenvalue weighted by molar-refractivity contribution is 0.611. The van der Waals surface area contributed by atoms with Gasteiger partial charge in [-0.2, -0.15) is 10.2 Å². The van der Waals surface area contributed by atoms with Crippen LogP contribution in [-0.4, -0.2) is 19.6 Å². The van der Waals surface area contributed by atoms with Gasteiger partial charge < -0.3 is 0 Å². The summed E-state index contributed by atoms with van der Waals surface area (Å²) >= 11 is 6.03. The average molecular weight is 367 g/mol. The third kappa shape index (κ3) is 2.91. The summed E-state index contributed by atoms with van der Waals surface area (Å²) in [5.41, 5.74) is 1.22. The van der Waals surface area contributed by atoms with Gasteiger partial charge in [-0.15, -0.1) is 0 Å². The van der Waals surface area contributed by atoms with E-state index >= 15 is 0 Å². The molecule has 0 N–H and O–H groups in total. The fourth-order valence-electron chi connectivity index (χ4n) is 2.65. The van der Waals surface area contributed by atoms with E-state index in [1.54, 1.807) is 53.3 Å². The molecule has 4 rings (SSSR count). The van der Waals surface area contributed by atoms with Crippen LogP contribution < -0.4 is 5.43 Å². The average Bonchev–Trinajstić information content (AvgIpc) is 3.12. The zero-order valence-corrected chi connectivity index (χ0v) is 14.1. The minimum absolute atomic E-state index is 0.160. The van der Waals surface area contributed by atoms with Gasteiger partial charge in [0.25, 0.3) is 0 Å². The van der Waals surface area contributed by atoms with Gasteiger partial charge in [0.1, 0.15) is 11.5 Å². The molecule has 0 amide bonds. The van der Waals surface area contributed by atoms with Crippen molar-refractivity contribution < 1.29 is 4.39 Å². The topological polar surface area (TPSA) is 52.7 Å². The number of hydrogen-bond acceptors (Lipinski definition) is 3. The lowest BCUT2D eigenvalue weighted by Gasteiger charge is -2.10. The molecule has 0 bridgehead atoms. The summed E-state index contributed by atoms with van der Waals surface area (Å²) in [6.45, 7) is 0. The number of aromatic nitrogens is 4. The molecule has 0 aliphatic carbocycles. The van der Waals surface area contributed by atoms with Gasteiger partial charge in [-0.3, -0.25) is 4.79 Å². The minimum atomic E-state index is -0.441. The highest BCUT2D eigenvalue weighted by atomic mass is 35.5.